The molecule has 0 unspecified atom stereocenters. The van der Waals surface area contributed by atoms with Gasteiger partial charge in [0.2, 0.25) is 0 Å². The normalized spacial score (nSPS) is 10.0. The Labute approximate surface area is 94.9 Å². The van der Waals surface area contributed by atoms with Crippen LogP contribution >= 0.6 is 0 Å². The Morgan fingerprint density at radius 1 is 1.44 bits per heavy atom. The fourth-order valence-electron chi connectivity index (χ4n) is 1.66. The third kappa shape index (κ3) is 1.66. The lowest BCUT2D eigenvalue weighted by molar-refractivity contribution is 0.852. The van der Waals surface area contributed by atoms with Gasteiger partial charge in [0.25, 0.3) is 0 Å². The molecule has 0 aliphatic heterocycles. The Kier molecular flexibility index (Phi) is 2.65. The summed E-state index contributed by atoms with van der Waals surface area (Å²) < 4.78 is 1.77. The first kappa shape index (κ1) is 10.3. The van der Waals surface area contributed by atoms with Gasteiger partial charge in [-0.15, -0.1) is 6.42 Å². The molecule has 1 heterocycles. The summed E-state index contributed by atoms with van der Waals surface area (Å²) in [5.41, 5.74) is 9.00. The van der Waals surface area contributed by atoms with E-state index in [0.29, 0.717) is 12.4 Å². The molecule has 80 valence electrons. The van der Waals surface area contributed by atoms with Gasteiger partial charge in [-0.05, 0) is 12.5 Å². The Morgan fingerprint density at radius 2 is 2.19 bits per heavy atom. The predicted octanol–water partition coefficient (Wildman–Crippen LogP) is 2.07. The quantitative estimate of drug-likeness (QED) is 0.773. The summed E-state index contributed by atoms with van der Waals surface area (Å²) >= 11 is 0. The van der Waals surface area contributed by atoms with Crippen molar-refractivity contribution in [1.82, 2.24) is 9.55 Å². The number of aryl methyl sites for hydroxylation is 1. The molecule has 2 aromatic rings. The number of imidazole rings is 1. The van der Waals surface area contributed by atoms with Gasteiger partial charge in [-0.3, -0.25) is 0 Å². The number of benzene rings is 1. The van der Waals surface area contributed by atoms with Gasteiger partial charge >= 0.3 is 0 Å². The molecular formula is C13H13N3. The van der Waals surface area contributed by atoms with E-state index >= 15 is 0 Å². The second-order valence-corrected chi connectivity index (χ2v) is 3.63. The van der Waals surface area contributed by atoms with E-state index in [9.17, 15) is 0 Å². The van der Waals surface area contributed by atoms with Crippen LogP contribution in [0.1, 0.15) is 5.56 Å². The molecule has 0 atom stereocenters. The molecule has 16 heavy (non-hydrogen) atoms. The lowest BCUT2D eigenvalue weighted by Gasteiger charge is -2.04. The highest BCUT2D eigenvalue weighted by molar-refractivity contribution is 5.73. The molecule has 0 radical (unpaired) electrons. The topological polar surface area (TPSA) is 43.8 Å². The Balaban J connectivity index is 2.50. The number of hydrogen-bond donors (Lipinski definition) is 1. The van der Waals surface area contributed by atoms with Crippen molar-refractivity contribution in [1.29, 1.82) is 0 Å². The summed E-state index contributed by atoms with van der Waals surface area (Å²) in [7, 11) is 0. The predicted molar refractivity (Wildman–Crippen MR) is 65.6 cm³/mol. The minimum Gasteiger partial charge on any atom is -0.383 e. The number of nitrogen functional groups attached to an aromatic ring is 1. The van der Waals surface area contributed by atoms with E-state index in [4.69, 9.17) is 12.2 Å². The van der Waals surface area contributed by atoms with Crippen molar-refractivity contribution in [3.8, 4) is 23.6 Å². The Bertz CT molecular complexity index is 547. The van der Waals surface area contributed by atoms with Gasteiger partial charge in [0, 0.05) is 5.56 Å². The van der Waals surface area contributed by atoms with Gasteiger partial charge in [0.05, 0.1) is 12.9 Å². The van der Waals surface area contributed by atoms with Crippen LogP contribution in [0.5, 0.6) is 0 Å². The minimum atomic E-state index is 0.449. The van der Waals surface area contributed by atoms with E-state index in [-0.39, 0.29) is 0 Å². The average molecular weight is 211 g/mol. The maximum Gasteiger partial charge on any atom is 0.132 e. The lowest BCUT2D eigenvalue weighted by Crippen LogP contribution is -2.00. The van der Waals surface area contributed by atoms with E-state index in [1.54, 1.807) is 10.9 Å². The number of anilines is 1. The molecular weight excluding hydrogens is 198 g/mol. The smallest absolute Gasteiger partial charge is 0.132 e. The van der Waals surface area contributed by atoms with Crippen LogP contribution < -0.4 is 5.73 Å². The summed E-state index contributed by atoms with van der Waals surface area (Å²) in [5, 5.41) is 0. The first-order chi connectivity index (χ1) is 7.74. The van der Waals surface area contributed by atoms with Crippen LogP contribution in [0, 0.1) is 19.3 Å². The van der Waals surface area contributed by atoms with Crippen LogP contribution in [-0.4, -0.2) is 9.55 Å². The van der Waals surface area contributed by atoms with Gasteiger partial charge in [-0.1, -0.05) is 30.2 Å². The molecule has 0 spiro atoms. The molecule has 3 heteroatoms. The molecule has 0 fully saturated rings. The SMILES string of the molecule is C#CCn1cnc(-c2ccccc2C)c1N. The molecule has 0 saturated heterocycles. The second kappa shape index (κ2) is 4.11. The maximum atomic E-state index is 6.00. The third-order valence-corrected chi connectivity index (χ3v) is 2.54. The molecule has 3 nitrogen and oxygen atoms in total. The molecule has 0 bridgehead atoms. The van der Waals surface area contributed by atoms with Crippen LogP contribution in [0.3, 0.4) is 0 Å². The van der Waals surface area contributed by atoms with Crippen molar-refractivity contribution in [2.24, 2.45) is 0 Å². The Hall–Kier alpha value is -2.21. The highest BCUT2D eigenvalue weighted by Crippen LogP contribution is 2.26. The van der Waals surface area contributed by atoms with Crippen molar-refractivity contribution in [3.05, 3.63) is 36.2 Å². The lowest BCUT2D eigenvalue weighted by atomic mass is 10.1. The molecule has 1 aromatic heterocycles. The van der Waals surface area contributed by atoms with E-state index in [1.165, 1.54) is 0 Å². The first-order valence-electron chi connectivity index (χ1n) is 5.04. The van der Waals surface area contributed by atoms with E-state index in [1.807, 2.05) is 31.2 Å². The second-order valence-electron chi connectivity index (χ2n) is 3.63. The molecule has 0 aliphatic carbocycles. The number of nitrogens with zero attached hydrogens (tertiary/aromatic N) is 2. The zero-order chi connectivity index (χ0) is 11.5. The van der Waals surface area contributed by atoms with Crippen LogP contribution in [0.25, 0.3) is 11.3 Å². The molecule has 0 saturated carbocycles. The number of rotatable bonds is 2. The fraction of sp³-hybridized carbons (Fsp3) is 0.154. The summed E-state index contributed by atoms with van der Waals surface area (Å²) in [6, 6.07) is 8.01. The Morgan fingerprint density at radius 3 is 2.88 bits per heavy atom. The van der Waals surface area contributed by atoms with Crippen molar-refractivity contribution in [3.63, 3.8) is 0 Å². The van der Waals surface area contributed by atoms with Gasteiger partial charge < -0.3 is 10.3 Å². The molecule has 1 aromatic carbocycles. The number of hydrogen-bond acceptors (Lipinski definition) is 2. The van der Waals surface area contributed by atoms with E-state index in [0.717, 1.165) is 16.8 Å². The van der Waals surface area contributed by atoms with E-state index in [2.05, 4.69) is 10.9 Å². The number of aromatic nitrogens is 2. The van der Waals surface area contributed by atoms with Crippen LogP contribution in [-0.2, 0) is 6.54 Å². The minimum absolute atomic E-state index is 0.449. The molecule has 2 rings (SSSR count). The van der Waals surface area contributed by atoms with Crippen molar-refractivity contribution in [2.45, 2.75) is 13.5 Å². The summed E-state index contributed by atoms with van der Waals surface area (Å²) in [4.78, 5) is 4.31. The molecule has 2 N–H and O–H groups in total. The third-order valence-electron chi connectivity index (χ3n) is 2.54. The first-order valence-corrected chi connectivity index (χ1v) is 5.04. The monoisotopic (exact) mass is 211 g/mol. The number of terminal acetylenes is 1. The molecule has 0 amide bonds. The van der Waals surface area contributed by atoms with Gasteiger partial charge in [-0.2, -0.15) is 0 Å². The highest BCUT2D eigenvalue weighted by Gasteiger charge is 2.10. The van der Waals surface area contributed by atoms with Crippen molar-refractivity contribution in [2.75, 3.05) is 5.73 Å². The van der Waals surface area contributed by atoms with Crippen LogP contribution in [0.2, 0.25) is 0 Å². The fourth-order valence-corrected chi connectivity index (χ4v) is 1.66. The van der Waals surface area contributed by atoms with Crippen LogP contribution in [0.15, 0.2) is 30.6 Å². The van der Waals surface area contributed by atoms with Gasteiger partial charge in [0.15, 0.2) is 0 Å². The van der Waals surface area contributed by atoms with Crippen LogP contribution in [0.4, 0.5) is 5.82 Å². The summed E-state index contributed by atoms with van der Waals surface area (Å²) in [5.74, 6) is 3.17. The van der Waals surface area contributed by atoms with Crippen molar-refractivity contribution < 1.29 is 0 Å². The molecule has 0 aliphatic rings. The maximum absolute atomic E-state index is 6.00. The summed E-state index contributed by atoms with van der Waals surface area (Å²) in [6.07, 6.45) is 6.93. The van der Waals surface area contributed by atoms with E-state index < -0.39 is 0 Å². The highest BCUT2D eigenvalue weighted by atomic mass is 15.1. The zero-order valence-corrected chi connectivity index (χ0v) is 9.14. The largest absolute Gasteiger partial charge is 0.383 e. The summed E-state index contributed by atoms with van der Waals surface area (Å²) in [6.45, 7) is 2.49. The van der Waals surface area contributed by atoms with Crippen molar-refractivity contribution >= 4 is 5.82 Å². The zero-order valence-electron chi connectivity index (χ0n) is 9.14. The standard InChI is InChI=1S/C13H13N3/c1-3-8-16-9-15-12(13(16)14)11-7-5-4-6-10(11)2/h1,4-7,9H,8,14H2,2H3. The van der Waals surface area contributed by atoms with Gasteiger partial charge in [0.1, 0.15) is 11.5 Å². The average Bonchev–Trinajstić information content (AvgIpc) is 2.62. The van der Waals surface area contributed by atoms with Gasteiger partial charge in [-0.25, -0.2) is 4.98 Å². The number of nitrogens with two attached hydrogens (primary N) is 1.